The van der Waals surface area contributed by atoms with Crippen LogP contribution in [0.5, 0.6) is 0 Å². The third-order valence-corrected chi connectivity index (χ3v) is 6.12. The van der Waals surface area contributed by atoms with Crippen LogP contribution in [0.2, 0.25) is 5.02 Å². The van der Waals surface area contributed by atoms with Gasteiger partial charge in [0.1, 0.15) is 0 Å². The van der Waals surface area contributed by atoms with Gasteiger partial charge in [-0.05, 0) is 23.8 Å². The van der Waals surface area contributed by atoms with Gasteiger partial charge in [0.2, 0.25) is 5.39 Å². The fraction of sp³-hybridized carbons (Fsp3) is 0.294. The second-order valence-electron chi connectivity index (χ2n) is 5.70. The second kappa shape index (κ2) is 7.40. The molecule has 0 atom stereocenters. The van der Waals surface area contributed by atoms with E-state index in [1.165, 1.54) is 6.07 Å². The van der Waals surface area contributed by atoms with Crippen LogP contribution in [0.4, 0.5) is 11.4 Å². The summed E-state index contributed by atoms with van der Waals surface area (Å²) in [4.78, 5) is 5.16. The predicted octanol–water partition coefficient (Wildman–Crippen LogP) is 3.64. The Labute approximate surface area is 151 Å². The highest BCUT2D eigenvalue weighted by molar-refractivity contribution is 7.90. The van der Waals surface area contributed by atoms with Gasteiger partial charge in [0.25, 0.3) is 0 Å². The molecule has 0 spiro atoms. The molecular weight excluding hydrogens is 362 g/mol. The third kappa shape index (κ3) is 3.93. The highest BCUT2D eigenvalue weighted by Gasteiger charge is 2.29. The van der Waals surface area contributed by atoms with Gasteiger partial charge in [0, 0.05) is 29.9 Å². The van der Waals surface area contributed by atoms with Gasteiger partial charge in [-0.15, -0.1) is 0 Å². The van der Waals surface area contributed by atoms with Crippen molar-refractivity contribution in [1.29, 1.82) is 5.39 Å². The molecule has 0 aliphatic carbocycles. The maximum atomic E-state index is 12.9. The number of nitrogens with zero attached hydrogens (tertiary/aromatic N) is 3. The summed E-state index contributed by atoms with van der Waals surface area (Å²) in [6, 6.07) is 11.6. The molecule has 8 heteroatoms. The first-order valence-corrected chi connectivity index (χ1v) is 9.82. The molecule has 0 N–H and O–H groups in total. The van der Waals surface area contributed by atoms with Crippen molar-refractivity contribution in [1.82, 2.24) is 0 Å². The topological polar surface area (TPSA) is 74.8 Å². The van der Waals surface area contributed by atoms with E-state index in [1.54, 1.807) is 36.4 Å². The lowest BCUT2D eigenvalue weighted by molar-refractivity contribution is 0.122. The van der Waals surface area contributed by atoms with Gasteiger partial charge in [0.05, 0.1) is 19.0 Å². The van der Waals surface area contributed by atoms with Crippen LogP contribution in [-0.2, 0) is 20.3 Å². The number of halogens is 1. The summed E-state index contributed by atoms with van der Waals surface area (Å²) in [7, 11) is -3.74. The fourth-order valence-electron chi connectivity index (χ4n) is 2.75. The van der Waals surface area contributed by atoms with Crippen molar-refractivity contribution in [2.24, 2.45) is 0 Å². The van der Waals surface area contributed by atoms with E-state index < -0.39 is 9.84 Å². The minimum atomic E-state index is -3.74. The van der Waals surface area contributed by atoms with Crippen molar-refractivity contribution in [3.8, 4) is 0 Å². The van der Waals surface area contributed by atoms with Crippen LogP contribution in [0.1, 0.15) is 5.56 Å². The SMILES string of the molecule is N#[N+]c1ccc(N2CCOCC2)cc1S(=O)(=O)Cc1ccccc1Cl. The lowest BCUT2D eigenvalue weighted by Crippen LogP contribution is -2.36. The van der Waals surface area contributed by atoms with Crippen LogP contribution in [0, 0.1) is 5.39 Å². The monoisotopic (exact) mass is 378 g/mol. The predicted molar refractivity (Wildman–Crippen MR) is 96.6 cm³/mol. The molecule has 0 amide bonds. The highest BCUT2D eigenvalue weighted by Crippen LogP contribution is 2.32. The normalized spacial score (nSPS) is 15.0. The quantitative estimate of drug-likeness (QED) is 0.759. The first-order chi connectivity index (χ1) is 12.0. The lowest BCUT2D eigenvalue weighted by atomic mass is 10.2. The van der Waals surface area contributed by atoms with E-state index in [-0.39, 0.29) is 16.3 Å². The smallest absolute Gasteiger partial charge is 0.378 e. The van der Waals surface area contributed by atoms with Gasteiger partial charge >= 0.3 is 5.69 Å². The molecule has 1 fully saturated rings. The van der Waals surface area contributed by atoms with Crippen molar-refractivity contribution in [2.75, 3.05) is 31.2 Å². The number of hydrogen-bond acceptors (Lipinski definition) is 5. The Kier molecular flexibility index (Phi) is 5.23. The molecule has 0 radical (unpaired) electrons. The van der Waals surface area contributed by atoms with Gasteiger partial charge in [0.15, 0.2) is 19.7 Å². The summed E-state index contributed by atoms with van der Waals surface area (Å²) in [6.45, 7) is 2.54. The maximum Gasteiger partial charge on any atom is 0.403 e. The Bertz CT molecular complexity index is 919. The van der Waals surface area contributed by atoms with E-state index in [0.717, 1.165) is 5.69 Å². The lowest BCUT2D eigenvalue weighted by Gasteiger charge is -2.28. The van der Waals surface area contributed by atoms with Crippen molar-refractivity contribution in [3.05, 3.63) is 58.0 Å². The number of sulfone groups is 1. The molecule has 1 aliphatic heterocycles. The zero-order valence-corrected chi connectivity index (χ0v) is 15.0. The summed E-state index contributed by atoms with van der Waals surface area (Å²) in [5, 5.41) is 9.59. The van der Waals surface area contributed by atoms with Gasteiger partial charge in [-0.1, -0.05) is 29.8 Å². The average molecular weight is 379 g/mol. The Morgan fingerprint density at radius 1 is 1.16 bits per heavy atom. The third-order valence-electron chi connectivity index (χ3n) is 4.07. The van der Waals surface area contributed by atoms with Gasteiger partial charge in [-0.2, -0.15) is 0 Å². The van der Waals surface area contributed by atoms with E-state index in [1.807, 2.05) is 4.90 Å². The van der Waals surface area contributed by atoms with E-state index in [4.69, 9.17) is 16.3 Å². The van der Waals surface area contributed by atoms with E-state index in [0.29, 0.717) is 36.9 Å². The largest absolute Gasteiger partial charge is 0.403 e. The van der Waals surface area contributed by atoms with Crippen molar-refractivity contribution >= 4 is 32.8 Å². The summed E-state index contributed by atoms with van der Waals surface area (Å²) < 4.78 is 31.1. The molecule has 2 aromatic carbocycles. The summed E-state index contributed by atoms with van der Waals surface area (Å²) >= 11 is 6.09. The Balaban J connectivity index is 1.99. The molecule has 25 heavy (non-hydrogen) atoms. The van der Waals surface area contributed by atoms with E-state index >= 15 is 0 Å². The minimum absolute atomic E-state index is 0.0149. The van der Waals surface area contributed by atoms with Gasteiger partial charge in [-0.25, -0.2) is 8.42 Å². The summed E-state index contributed by atoms with van der Waals surface area (Å²) in [6.07, 6.45) is 0. The molecule has 0 aromatic heterocycles. The number of benzene rings is 2. The molecular formula is C17H17ClN3O3S+. The molecule has 130 valence electrons. The summed E-state index contributed by atoms with van der Waals surface area (Å²) in [5.74, 6) is -0.262. The van der Waals surface area contributed by atoms with E-state index in [9.17, 15) is 13.8 Å². The molecule has 2 aromatic rings. The number of hydrogen-bond donors (Lipinski definition) is 0. The minimum Gasteiger partial charge on any atom is -0.378 e. The average Bonchev–Trinajstić information content (AvgIpc) is 2.64. The second-order valence-corrected chi connectivity index (χ2v) is 8.07. The van der Waals surface area contributed by atoms with Gasteiger partial charge in [-0.3, -0.25) is 0 Å². The zero-order chi connectivity index (χ0) is 17.9. The van der Waals surface area contributed by atoms with Crippen LogP contribution < -0.4 is 4.90 Å². The Morgan fingerprint density at radius 3 is 2.56 bits per heavy atom. The van der Waals surface area contributed by atoms with Crippen LogP contribution in [-0.4, -0.2) is 34.7 Å². The zero-order valence-electron chi connectivity index (χ0n) is 13.4. The highest BCUT2D eigenvalue weighted by atomic mass is 35.5. The molecule has 1 heterocycles. The first-order valence-electron chi connectivity index (χ1n) is 7.79. The van der Waals surface area contributed by atoms with Crippen molar-refractivity contribution in [2.45, 2.75) is 10.6 Å². The van der Waals surface area contributed by atoms with Crippen LogP contribution in [0.3, 0.4) is 0 Å². The molecule has 3 rings (SSSR count). The molecule has 1 aliphatic rings. The van der Waals surface area contributed by atoms with E-state index in [2.05, 4.69) is 4.98 Å². The van der Waals surface area contributed by atoms with Crippen molar-refractivity contribution < 1.29 is 13.2 Å². The molecule has 1 saturated heterocycles. The molecule has 0 unspecified atom stereocenters. The number of diazo groups is 1. The standard InChI is InChI=1S/C17H17ClN3O3S/c18-15-4-2-1-3-13(15)12-25(22,23)17-11-14(5-6-16(17)20-19)21-7-9-24-10-8-21/h1-6,11H,7-10,12H2/q+1. The number of anilines is 1. The first kappa shape index (κ1) is 17.7. The Morgan fingerprint density at radius 2 is 1.88 bits per heavy atom. The maximum absolute atomic E-state index is 12.9. The molecule has 0 bridgehead atoms. The summed E-state index contributed by atoms with van der Waals surface area (Å²) in [5.41, 5.74) is 1.28. The van der Waals surface area contributed by atoms with Gasteiger partial charge < -0.3 is 9.64 Å². The number of ether oxygens (including phenoxy) is 1. The van der Waals surface area contributed by atoms with Crippen LogP contribution >= 0.6 is 11.6 Å². The molecule has 0 saturated carbocycles. The Hall–Kier alpha value is -2.14. The van der Waals surface area contributed by atoms with Crippen LogP contribution in [0.25, 0.3) is 4.98 Å². The number of rotatable bonds is 4. The van der Waals surface area contributed by atoms with Crippen molar-refractivity contribution in [3.63, 3.8) is 0 Å². The van der Waals surface area contributed by atoms with Crippen LogP contribution in [0.15, 0.2) is 47.4 Å². The number of morpholine rings is 1. The molecule has 6 nitrogen and oxygen atoms in total. The fourth-order valence-corrected chi connectivity index (χ4v) is 4.58.